The molecule has 0 aromatic rings. The molecule has 1 saturated heterocycles. The van der Waals surface area contributed by atoms with Gasteiger partial charge in [-0.3, -0.25) is 0 Å². The van der Waals surface area contributed by atoms with Crippen LogP contribution >= 0.6 is 0 Å². The molecule has 1 N–H and O–H groups in total. The Morgan fingerprint density at radius 2 is 1.94 bits per heavy atom. The van der Waals surface area contributed by atoms with Gasteiger partial charge in [0, 0.05) is 18.6 Å². The van der Waals surface area contributed by atoms with Crippen LogP contribution in [0, 0.1) is 5.41 Å². The van der Waals surface area contributed by atoms with E-state index in [1.807, 2.05) is 0 Å². The van der Waals surface area contributed by atoms with E-state index in [1.54, 1.807) is 0 Å². The number of rotatable bonds is 5. The maximum Gasteiger partial charge on any atom is 0.00792 e. The second-order valence-electron chi connectivity index (χ2n) is 7.06. The van der Waals surface area contributed by atoms with E-state index in [9.17, 15) is 0 Å². The van der Waals surface area contributed by atoms with E-state index in [0.717, 1.165) is 6.04 Å². The van der Waals surface area contributed by atoms with E-state index in [1.165, 1.54) is 45.3 Å². The van der Waals surface area contributed by atoms with Gasteiger partial charge in [0.15, 0.2) is 0 Å². The molecule has 1 fully saturated rings. The first-order valence-electron chi connectivity index (χ1n) is 7.36. The third-order valence-corrected chi connectivity index (χ3v) is 3.58. The molecular formula is C15H32N2. The topological polar surface area (TPSA) is 15.3 Å². The fraction of sp³-hybridized carbons (Fsp3) is 1.00. The van der Waals surface area contributed by atoms with Gasteiger partial charge in [0.25, 0.3) is 0 Å². The van der Waals surface area contributed by atoms with Crippen molar-refractivity contribution in [1.82, 2.24) is 10.2 Å². The van der Waals surface area contributed by atoms with Crippen LogP contribution in [0.5, 0.6) is 0 Å². The molecule has 1 aliphatic rings. The minimum atomic E-state index is 0.407. The molecule has 0 spiro atoms. The average molecular weight is 240 g/mol. The standard InChI is InChI=1S/C15H32N2/c1-13(2)17(12-15(3,4)5)11-9-14-8-6-7-10-16-14/h13-14,16H,6-12H2,1-5H3. The SMILES string of the molecule is CC(C)N(CCC1CCCCN1)CC(C)(C)C. The van der Waals surface area contributed by atoms with Crippen LogP contribution < -0.4 is 5.32 Å². The molecule has 0 aromatic heterocycles. The fourth-order valence-corrected chi connectivity index (χ4v) is 2.62. The lowest BCUT2D eigenvalue weighted by Crippen LogP contribution is -2.42. The van der Waals surface area contributed by atoms with E-state index >= 15 is 0 Å². The number of piperidine rings is 1. The Morgan fingerprint density at radius 1 is 1.24 bits per heavy atom. The Bertz CT molecular complexity index is 199. The summed E-state index contributed by atoms with van der Waals surface area (Å²) in [5.41, 5.74) is 0.407. The maximum atomic E-state index is 3.65. The zero-order chi connectivity index (χ0) is 12.9. The van der Waals surface area contributed by atoms with Crippen molar-refractivity contribution in [2.45, 2.75) is 72.4 Å². The first-order chi connectivity index (χ1) is 7.88. The summed E-state index contributed by atoms with van der Waals surface area (Å²) >= 11 is 0. The zero-order valence-corrected chi connectivity index (χ0v) is 12.6. The molecular weight excluding hydrogens is 208 g/mol. The van der Waals surface area contributed by atoms with Crippen LogP contribution in [-0.2, 0) is 0 Å². The van der Waals surface area contributed by atoms with Crippen molar-refractivity contribution in [3.05, 3.63) is 0 Å². The van der Waals surface area contributed by atoms with Gasteiger partial charge in [-0.1, -0.05) is 27.2 Å². The highest BCUT2D eigenvalue weighted by atomic mass is 15.2. The molecule has 0 saturated carbocycles. The Kier molecular flexibility index (Phi) is 5.94. The minimum absolute atomic E-state index is 0.407. The molecule has 1 atom stereocenters. The Morgan fingerprint density at radius 3 is 2.41 bits per heavy atom. The molecule has 0 bridgehead atoms. The lowest BCUT2D eigenvalue weighted by molar-refractivity contribution is 0.145. The number of hydrogen-bond donors (Lipinski definition) is 1. The first-order valence-corrected chi connectivity index (χ1v) is 7.36. The molecule has 1 unspecified atom stereocenters. The van der Waals surface area contributed by atoms with Gasteiger partial charge in [0.2, 0.25) is 0 Å². The summed E-state index contributed by atoms with van der Waals surface area (Å²) in [7, 11) is 0. The van der Waals surface area contributed by atoms with Crippen molar-refractivity contribution in [3.63, 3.8) is 0 Å². The Balaban J connectivity index is 2.33. The highest BCUT2D eigenvalue weighted by Crippen LogP contribution is 2.18. The second kappa shape index (κ2) is 6.75. The van der Waals surface area contributed by atoms with Crippen molar-refractivity contribution in [3.8, 4) is 0 Å². The molecule has 102 valence electrons. The van der Waals surface area contributed by atoms with Crippen LogP contribution in [0.3, 0.4) is 0 Å². The monoisotopic (exact) mass is 240 g/mol. The summed E-state index contributed by atoms with van der Waals surface area (Å²) in [4.78, 5) is 2.64. The molecule has 0 aromatic carbocycles. The van der Waals surface area contributed by atoms with Gasteiger partial charge in [0.1, 0.15) is 0 Å². The highest BCUT2D eigenvalue weighted by Gasteiger charge is 2.20. The van der Waals surface area contributed by atoms with Gasteiger partial charge >= 0.3 is 0 Å². The average Bonchev–Trinajstić information content (AvgIpc) is 2.24. The van der Waals surface area contributed by atoms with Gasteiger partial charge in [0.05, 0.1) is 0 Å². The molecule has 2 nitrogen and oxygen atoms in total. The van der Waals surface area contributed by atoms with E-state index in [0.29, 0.717) is 11.5 Å². The van der Waals surface area contributed by atoms with Gasteiger partial charge < -0.3 is 10.2 Å². The molecule has 0 amide bonds. The van der Waals surface area contributed by atoms with Gasteiger partial charge in [-0.15, -0.1) is 0 Å². The van der Waals surface area contributed by atoms with Crippen molar-refractivity contribution in [2.24, 2.45) is 5.41 Å². The quantitative estimate of drug-likeness (QED) is 0.793. The van der Waals surface area contributed by atoms with E-state index < -0.39 is 0 Å². The lowest BCUT2D eigenvalue weighted by atomic mass is 9.94. The van der Waals surface area contributed by atoms with Crippen molar-refractivity contribution in [1.29, 1.82) is 0 Å². The number of nitrogens with zero attached hydrogens (tertiary/aromatic N) is 1. The summed E-state index contributed by atoms with van der Waals surface area (Å²) in [6, 6.07) is 1.43. The first kappa shape index (κ1) is 15.0. The van der Waals surface area contributed by atoms with Gasteiger partial charge in [-0.05, 0) is 51.6 Å². The third kappa shape index (κ3) is 6.42. The van der Waals surface area contributed by atoms with Crippen molar-refractivity contribution >= 4 is 0 Å². The van der Waals surface area contributed by atoms with Gasteiger partial charge in [-0.2, -0.15) is 0 Å². The van der Waals surface area contributed by atoms with E-state index in [-0.39, 0.29) is 0 Å². The smallest absolute Gasteiger partial charge is 0.00792 e. The molecule has 1 aliphatic heterocycles. The summed E-state index contributed by atoms with van der Waals surface area (Å²) in [5.74, 6) is 0. The summed E-state index contributed by atoms with van der Waals surface area (Å²) < 4.78 is 0. The van der Waals surface area contributed by atoms with Crippen LogP contribution in [0.4, 0.5) is 0 Å². The van der Waals surface area contributed by atoms with Crippen molar-refractivity contribution < 1.29 is 0 Å². The molecule has 0 aliphatic carbocycles. The van der Waals surface area contributed by atoms with Crippen molar-refractivity contribution in [2.75, 3.05) is 19.6 Å². The predicted molar refractivity (Wildman–Crippen MR) is 76.4 cm³/mol. The van der Waals surface area contributed by atoms with E-state index in [4.69, 9.17) is 0 Å². The minimum Gasteiger partial charge on any atom is -0.314 e. The van der Waals surface area contributed by atoms with Crippen LogP contribution in [0.25, 0.3) is 0 Å². The summed E-state index contributed by atoms with van der Waals surface area (Å²) in [5, 5.41) is 3.65. The number of hydrogen-bond acceptors (Lipinski definition) is 2. The third-order valence-electron chi connectivity index (χ3n) is 3.58. The van der Waals surface area contributed by atoms with Crippen LogP contribution in [-0.4, -0.2) is 36.6 Å². The largest absolute Gasteiger partial charge is 0.314 e. The molecule has 0 radical (unpaired) electrons. The normalized spacial score (nSPS) is 22.4. The second-order valence-corrected chi connectivity index (χ2v) is 7.06. The maximum absolute atomic E-state index is 3.65. The fourth-order valence-electron chi connectivity index (χ4n) is 2.62. The van der Waals surface area contributed by atoms with E-state index in [2.05, 4.69) is 44.8 Å². The Hall–Kier alpha value is -0.0800. The predicted octanol–water partition coefficient (Wildman–Crippen LogP) is 3.28. The molecule has 1 heterocycles. The van der Waals surface area contributed by atoms with Gasteiger partial charge in [-0.25, -0.2) is 0 Å². The molecule has 17 heavy (non-hydrogen) atoms. The zero-order valence-electron chi connectivity index (χ0n) is 12.6. The molecule has 1 rings (SSSR count). The summed E-state index contributed by atoms with van der Waals surface area (Å²) in [6.45, 7) is 15.3. The molecule has 2 heteroatoms. The van der Waals surface area contributed by atoms with Crippen LogP contribution in [0.1, 0.15) is 60.3 Å². The van der Waals surface area contributed by atoms with Crippen LogP contribution in [0.2, 0.25) is 0 Å². The number of nitrogens with one attached hydrogen (secondary N) is 1. The Labute approximate surface area is 108 Å². The van der Waals surface area contributed by atoms with Crippen LogP contribution in [0.15, 0.2) is 0 Å². The highest BCUT2D eigenvalue weighted by molar-refractivity contribution is 4.77. The lowest BCUT2D eigenvalue weighted by Gasteiger charge is -2.34. The summed E-state index contributed by atoms with van der Waals surface area (Å²) in [6.07, 6.45) is 5.47.